The average molecular weight is 329 g/mol. The lowest BCUT2D eigenvalue weighted by Crippen LogP contribution is -2.55. The number of hydrogen-bond acceptors (Lipinski definition) is 4. The van der Waals surface area contributed by atoms with Crippen molar-refractivity contribution in [1.29, 1.82) is 0 Å². The van der Waals surface area contributed by atoms with Gasteiger partial charge in [-0.15, -0.1) is 0 Å². The predicted octanol–water partition coefficient (Wildman–Crippen LogP) is 1.22. The van der Waals surface area contributed by atoms with E-state index in [0.29, 0.717) is 13.2 Å². The number of morpholine rings is 1. The first kappa shape index (κ1) is 17.1. The standard InChI is InChI=1S/C19H27N3O2/c23-19(22-11-9-20-10-12-22)18(21-13-15-24-16-14-21)8-4-7-17-5-2-1-3-6-17/h1-7,18,20H,8-16H2/b7-4-. The van der Waals surface area contributed by atoms with Crippen molar-refractivity contribution in [1.82, 2.24) is 15.1 Å². The fourth-order valence-corrected chi connectivity index (χ4v) is 3.29. The van der Waals surface area contributed by atoms with E-state index in [9.17, 15) is 4.79 Å². The summed E-state index contributed by atoms with van der Waals surface area (Å²) in [6.07, 6.45) is 4.99. The molecule has 130 valence electrons. The summed E-state index contributed by atoms with van der Waals surface area (Å²) in [5.41, 5.74) is 1.17. The van der Waals surface area contributed by atoms with Gasteiger partial charge in [0.05, 0.1) is 19.3 Å². The molecule has 1 aromatic rings. The fourth-order valence-electron chi connectivity index (χ4n) is 3.29. The van der Waals surface area contributed by atoms with Gasteiger partial charge >= 0.3 is 0 Å². The van der Waals surface area contributed by atoms with Gasteiger partial charge in [-0.3, -0.25) is 9.69 Å². The third kappa shape index (κ3) is 4.66. The van der Waals surface area contributed by atoms with Crippen LogP contribution in [0.15, 0.2) is 36.4 Å². The van der Waals surface area contributed by atoms with Crippen LogP contribution < -0.4 is 5.32 Å². The molecular formula is C19H27N3O2. The number of amides is 1. The Morgan fingerprint density at radius 2 is 1.83 bits per heavy atom. The molecule has 2 fully saturated rings. The Bertz CT molecular complexity index is 535. The van der Waals surface area contributed by atoms with E-state index in [2.05, 4.69) is 34.5 Å². The van der Waals surface area contributed by atoms with Crippen molar-refractivity contribution in [2.75, 3.05) is 52.5 Å². The summed E-state index contributed by atoms with van der Waals surface area (Å²) >= 11 is 0. The molecule has 2 saturated heterocycles. The third-order valence-corrected chi connectivity index (χ3v) is 4.67. The third-order valence-electron chi connectivity index (χ3n) is 4.67. The Hall–Kier alpha value is -1.69. The van der Waals surface area contributed by atoms with Gasteiger partial charge in [-0.05, 0) is 12.0 Å². The summed E-state index contributed by atoms with van der Waals surface area (Å²) in [7, 11) is 0. The normalized spacial score (nSPS) is 21.1. The van der Waals surface area contributed by atoms with Crippen LogP contribution in [0.3, 0.4) is 0 Å². The summed E-state index contributed by atoms with van der Waals surface area (Å²) in [5, 5.41) is 3.31. The number of nitrogens with zero attached hydrogens (tertiary/aromatic N) is 2. The van der Waals surface area contributed by atoms with E-state index in [1.54, 1.807) is 0 Å². The maximum Gasteiger partial charge on any atom is 0.240 e. The zero-order chi connectivity index (χ0) is 16.6. The predicted molar refractivity (Wildman–Crippen MR) is 95.7 cm³/mol. The molecule has 0 aliphatic carbocycles. The minimum absolute atomic E-state index is 0.0769. The van der Waals surface area contributed by atoms with Crippen LogP contribution in [0.1, 0.15) is 12.0 Å². The lowest BCUT2D eigenvalue weighted by Gasteiger charge is -2.37. The Labute approximate surface area is 144 Å². The number of rotatable bonds is 5. The number of ether oxygens (including phenoxy) is 1. The topological polar surface area (TPSA) is 44.8 Å². The molecule has 5 heteroatoms. The van der Waals surface area contributed by atoms with Crippen molar-refractivity contribution >= 4 is 12.0 Å². The highest BCUT2D eigenvalue weighted by Gasteiger charge is 2.30. The van der Waals surface area contributed by atoms with Gasteiger partial charge in [-0.1, -0.05) is 42.5 Å². The summed E-state index contributed by atoms with van der Waals surface area (Å²) in [6, 6.07) is 10.2. The van der Waals surface area contributed by atoms with Crippen LogP contribution in [-0.4, -0.2) is 74.2 Å². The van der Waals surface area contributed by atoms with E-state index in [4.69, 9.17) is 4.74 Å². The maximum absolute atomic E-state index is 13.0. The molecule has 2 heterocycles. The van der Waals surface area contributed by atoms with E-state index in [1.165, 1.54) is 5.56 Å². The molecule has 5 nitrogen and oxygen atoms in total. The van der Waals surface area contributed by atoms with E-state index < -0.39 is 0 Å². The van der Waals surface area contributed by atoms with Crippen molar-refractivity contribution in [3.8, 4) is 0 Å². The van der Waals surface area contributed by atoms with Crippen molar-refractivity contribution in [3.05, 3.63) is 42.0 Å². The summed E-state index contributed by atoms with van der Waals surface area (Å²) in [4.78, 5) is 17.3. The van der Waals surface area contributed by atoms with Gasteiger partial charge in [-0.2, -0.15) is 0 Å². The van der Waals surface area contributed by atoms with Gasteiger partial charge in [0.25, 0.3) is 0 Å². The van der Waals surface area contributed by atoms with Crippen LogP contribution in [-0.2, 0) is 9.53 Å². The molecule has 1 N–H and O–H groups in total. The van der Waals surface area contributed by atoms with Crippen LogP contribution in [0.4, 0.5) is 0 Å². The van der Waals surface area contributed by atoms with Crippen LogP contribution >= 0.6 is 0 Å². The smallest absolute Gasteiger partial charge is 0.240 e. The van der Waals surface area contributed by atoms with Gasteiger partial charge in [0.1, 0.15) is 0 Å². The highest BCUT2D eigenvalue weighted by atomic mass is 16.5. The van der Waals surface area contributed by atoms with Gasteiger partial charge in [0.2, 0.25) is 5.91 Å². The summed E-state index contributed by atoms with van der Waals surface area (Å²) in [6.45, 7) is 6.50. The SMILES string of the molecule is O=C(C(C/C=C\c1ccccc1)N1CCOCC1)N1CCNCC1. The molecule has 0 aromatic heterocycles. The molecule has 3 rings (SSSR count). The van der Waals surface area contributed by atoms with E-state index in [0.717, 1.165) is 45.7 Å². The molecule has 1 atom stereocenters. The van der Waals surface area contributed by atoms with E-state index >= 15 is 0 Å². The molecule has 24 heavy (non-hydrogen) atoms. The van der Waals surface area contributed by atoms with Gasteiger partial charge in [0, 0.05) is 39.3 Å². The summed E-state index contributed by atoms with van der Waals surface area (Å²) in [5.74, 6) is 0.260. The van der Waals surface area contributed by atoms with Crippen LogP contribution in [0.2, 0.25) is 0 Å². The number of carbonyl (C=O) groups is 1. The van der Waals surface area contributed by atoms with Crippen LogP contribution in [0.5, 0.6) is 0 Å². The fraction of sp³-hybridized carbons (Fsp3) is 0.526. The number of hydrogen-bond donors (Lipinski definition) is 1. The average Bonchev–Trinajstić information content (AvgIpc) is 2.67. The maximum atomic E-state index is 13.0. The first-order valence-electron chi connectivity index (χ1n) is 8.87. The zero-order valence-corrected chi connectivity index (χ0v) is 14.2. The second kappa shape index (κ2) is 8.97. The number of piperazine rings is 1. The molecule has 0 bridgehead atoms. The molecule has 1 unspecified atom stereocenters. The number of carbonyl (C=O) groups excluding carboxylic acids is 1. The molecule has 2 aliphatic rings. The summed E-state index contributed by atoms with van der Waals surface area (Å²) < 4.78 is 5.45. The molecule has 1 aromatic carbocycles. The number of nitrogens with one attached hydrogen (secondary N) is 1. The Balaban J connectivity index is 1.66. The Morgan fingerprint density at radius 1 is 1.12 bits per heavy atom. The minimum Gasteiger partial charge on any atom is -0.379 e. The second-order valence-electron chi connectivity index (χ2n) is 6.29. The van der Waals surface area contributed by atoms with Gasteiger partial charge in [0.15, 0.2) is 0 Å². The van der Waals surface area contributed by atoms with Gasteiger partial charge in [-0.25, -0.2) is 0 Å². The first-order chi connectivity index (χ1) is 11.8. The first-order valence-corrected chi connectivity index (χ1v) is 8.87. The molecule has 2 aliphatic heterocycles. The minimum atomic E-state index is -0.0769. The Kier molecular flexibility index (Phi) is 6.41. The van der Waals surface area contributed by atoms with Crippen molar-refractivity contribution in [2.45, 2.75) is 12.5 Å². The Morgan fingerprint density at radius 3 is 2.54 bits per heavy atom. The quantitative estimate of drug-likeness (QED) is 0.882. The van der Waals surface area contributed by atoms with E-state index in [-0.39, 0.29) is 11.9 Å². The largest absolute Gasteiger partial charge is 0.379 e. The monoisotopic (exact) mass is 329 g/mol. The lowest BCUT2D eigenvalue weighted by atomic mass is 10.1. The molecule has 0 saturated carbocycles. The zero-order valence-electron chi connectivity index (χ0n) is 14.2. The molecule has 0 spiro atoms. The van der Waals surface area contributed by atoms with Crippen molar-refractivity contribution in [2.24, 2.45) is 0 Å². The lowest BCUT2D eigenvalue weighted by molar-refractivity contribution is -0.139. The van der Waals surface area contributed by atoms with Gasteiger partial charge < -0.3 is 15.0 Å². The van der Waals surface area contributed by atoms with Crippen molar-refractivity contribution < 1.29 is 9.53 Å². The highest BCUT2D eigenvalue weighted by Crippen LogP contribution is 2.14. The highest BCUT2D eigenvalue weighted by molar-refractivity contribution is 5.82. The molecule has 1 amide bonds. The van der Waals surface area contributed by atoms with Crippen molar-refractivity contribution in [3.63, 3.8) is 0 Å². The molecule has 0 radical (unpaired) electrons. The number of benzene rings is 1. The van der Waals surface area contributed by atoms with Crippen LogP contribution in [0.25, 0.3) is 6.08 Å². The van der Waals surface area contributed by atoms with Crippen LogP contribution in [0, 0.1) is 0 Å². The molecular weight excluding hydrogens is 302 g/mol. The van der Waals surface area contributed by atoms with E-state index in [1.807, 2.05) is 23.1 Å². The second-order valence-corrected chi connectivity index (χ2v) is 6.29.